The van der Waals surface area contributed by atoms with Crippen LogP contribution in [0.2, 0.25) is 0 Å². The first-order valence-electron chi connectivity index (χ1n) is 9.20. The van der Waals surface area contributed by atoms with E-state index >= 15 is 0 Å². The molecule has 0 aliphatic carbocycles. The van der Waals surface area contributed by atoms with Gasteiger partial charge in [0.1, 0.15) is 18.0 Å². The molecule has 156 valence electrons. The minimum Gasteiger partial charge on any atom is -0.489 e. The maximum Gasteiger partial charge on any atom is 0.407 e. The van der Waals surface area contributed by atoms with Gasteiger partial charge in [-0.25, -0.2) is 9.18 Å². The number of nitrogens with one attached hydrogen (secondary N) is 2. The molecule has 0 atom stereocenters. The third-order valence-electron chi connectivity index (χ3n) is 3.30. The maximum atomic E-state index is 13.0. The van der Waals surface area contributed by atoms with Gasteiger partial charge in [-0.3, -0.25) is 4.79 Å². The van der Waals surface area contributed by atoms with Gasteiger partial charge in [0.25, 0.3) is 5.91 Å². The Bertz CT molecular complexity index is 686. The van der Waals surface area contributed by atoms with Crippen molar-refractivity contribution in [2.45, 2.75) is 59.1 Å². The summed E-state index contributed by atoms with van der Waals surface area (Å²) < 4.78 is 23.7. The lowest BCUT2D eigenvalue weighted by Gasteiger charge is -2.20. The van der Waals surface area contributed by atoms with Gasteiger partial charge in [-0.15, -0.1) is 0 Å². The van der Waals surface area contributed by atoms with Crippen LogP contribution < -0.4 is 15.4 Å². The first-order valence-corrected chi connectivity index (χ1v) is 9.20. The molecule has 0 radical (unpaired) electrons. The van der Waals surface area contributed by atoms with Gasteiger partial charge in [-0.2, -0.15) is 0 Å². The van der Waals surface area contributed by atoms with Crippen LogP contribution in [0.1, 0.15) is 58.3 Å². The fourth-order valence-electron chi connectivity index (χ4n) is 2.09. The molecule has 1 aromatic rings. The summed E-state index contributed by atoms with van der Waals surface area (Å²) in [4.78, 5) is 23.7. The topological polar surface area (TPSA) is 76.7 Å². The van der Waals surface area contributed by atoms with Crippen molar-refractivity contribution in [3.05, 3.63) is 41.7 Å². The molecule has 0 heterocycles. The summed E-state index contributed by atoms with van der Waals surface area (Å²) in [7, 11) is 0. The van der Waals surface area contributed by atoms with Crippen molar-refractivity contribution in [1.29, 1.82) is 0 Å². The van der Waals surface area contributed by atoms with Crippen molar-refractivity contribution in [2.24, 2.45) is 0 Å². The Balaban J connectivity index is 2.45. The smallest absolute Gasteiger partial charge is 0.407 e. The standard InChI is InChI=1S/C21H31FN2O4/c1-20(2,3)24-18(25)16-7-9-17(10-8-16)27-14-15(13-22)11-12-23-19(26)28-21(4,5)6/h7-10,13H,11-12,14H2,1-6H3,(H,23,26)(H,24,25)/b15-13-. The fourth-order valence-corrected chi connectivity index (χ4v) is 2.09. The molecule has 0 saturated heterocycles. The normalized spacial score (nSPS) is 12.3. The van der Waals surface area contributed by atoms with E-state index in [1.54, 1.807) is 45.0 Å². The number of benzene rings is 1. The van der Waals surface area contributed by atoms with Gasteiger partial charge in [0.2, 0.25) is 0 Å². The minimum atomic E-state index is -0.581. The van der Waals surface area contributed by atoms with Gasteiger partial charge >= 0.3 is 6.09 Å². The van der Waals surface area contributed by atoms with Gasteiger partial charge in [0.05, 0.1) is 6.33 Å². The molecule has 2 N–H and O–H groups in total. The Morgan fingerprint density at radius 3 is 2.18 bits per heavy atom. The van der Waals surface area contributed by atoms with Crippen LogP contribution in [-0.2, 0) is 4.74 Å². The lowest BCUT2D eigenvalue weighted by Crippen LogP contribution is -2.40. The molecular formula is C21H31FN2O4. The lowest BCUT2D eigenvalue weighted by atomic mass is 10.1. The highest BCUT2D eigenvalue weighted by atomic mass is 19.1. The zero-order valence-electron chi connectivity index (χ0n) is 17.5. The van der Waals surface area contributed by atoms with Crippen molar-refractivity contribution in [3.8, 4) is 5.75 Å². The second-order valence-electron chi connectivity index (χ2n) is 8.46. The van der Waals surface area contributed by atoms with Crippen LogP contribution in [0, 0.1) is 0 Å². The molecule has 0 aromatic heterocycles. The number of halogens is 1. The Hall–Kier alpha value is -2.57. The number of rotatable bonds is 7. The van der Waals surface area contributed by atoms with E-state index in [1.165, 1.54) is 0 Å². The van der Waals surface area contributed by atoms with Crippen LogP contribution >= 0.6 is 0 Å². The van der Waals surface area contributed by atoms with Crippen LogP contribution in [0.3, 0.4) is 0 Å². The molecule has 0 aliphatic rings. The third kappa shape index (κ3) is 9.94. The van der Waals surface area contributed by atoms with Crippen LogP contribution in [0.15, 0.2) is 36.2 Å². The third-order valence-corrected chi connectivity index (χ3v) is 3.30. The molecule has 7 heteroatoms. The molecule has 0 fully saturated rings. The largest absolute Gasteiger partial charge is 0.489 e. The minimum absolute atomic E-state index is 0.0417. The zero-order chi connectivity index (χ0) is 21.4. The van der Waals surface area contributed by atoms with E-state index in [9.17, 15) is 14.0 Å². The number of hydrogen-bond donors (Lipinski definition) is 2. The Morgan fingerprint density at radius 2 is 1.68 bits per heavy atom. The van der Waals surface area contributed by atoms with Crippen molar-refractivity contribution < 1.29 is 23.5 Å². The summed E-state index contributed by atoms with van der Waals surface area (Å²) in [5.74, 6) is 0.350. The van der Waals surface area contributed by atoms with Crippen LogP contribution in [0.25, 0.3) is 0 Å². The SMILES string of the molecule is CC(C)(C)NC(=O)c1ccc(OC/C(=C\F)CCNC(=O)OC(C)(C)C)cc1. The van der Waals surface area contributed by atoms with Crippen molar-refractivity contribution >= 4 is 12.0 Å². The first kappa shape index (κ1) is 23.5. The van der Waals surface area contributed by atoms with E-state index in [1.807, 2.05) is 20.8 Å². The second kappa shape index (κ2) is 10.1. The summed E-state index contributed by atoms with van der Waals surface area (Å²) in [5.41, 5.74) is 0.0122. The zero-order valence-corrected chi connectivity index (χ0v) is 17.5. The van der Waals surface area contributed by atoms with Crippen LogP contribution in [0.4, 0.5) is 9.18 Å². The fraction of sp³-hybridized carbons (Fsp3) is 0.524. The van der Waals surface area contributed by atoms with Crippen LogP contribution in [-0.4, -0.2) is 36.3 Å². The molecule has 28 heavy (non-hydrogen) atoms. The monoisotopic (exact) mass is 394 g/mol. The second-order valence-corrected chi connectivity index (χ2v) is 8.46. The molecule has 2 amide bonds. The number of ether oxygens (including phenoxy) is 2. The predicted octanol–water partition coefficient (Wildman–Crippen LogP) is 4.36. The Labute approximate surface area is 166 Å². The molecule has 0 aliphatic heterocycles. The molecule has 1 rings (SSSR count). The van der Waals surface area contributed by atoms with Crippen LogP contribution in [0.5, 0.6) is 5.75 Å². The maximum absolute atomic E-state index is 13.0. The summed E-state index contributed by atoms with van der Waals surface area (Å²) >= 11 is 0. The number of hydrogen-bond acceptors (Lipinski definition) is 4. The average Bonchev–Trinajstić information content (AvgIpc) is 2.55. The number of carbonyl (C=O) groups excluding carboxylic acids is 2. The molecule has 0 bridgehead atoms. The summed E-state index contributed by atoms with van der Waals surface area (Å²) in [6.45, 7) is 11.3. The van der Waals surface area contributed by atoms with Gasteiger partial charge in [-0.1, -0.05) is 0 Å². The van der Waals surface area contributed by atoms with Gasteiger partial charge in [0.15, 0.2) is 0 Å². The molecular weight excluding hydrogens is 363 g/mol. The number of alkyl carbamates (subject to hydrolysis) is 1. The van der Waals surface area contributed by atoms with E-state index in [2.05, 4.69) is 10.6 Å². The Kier molecular flexibility index (Phi) is 8.47. The van der Waals surface area contributed by atoms with E-state index in [-0.39, 0.29) is 24.6 Å². The molecule has 0 saturated carbocycles. The summed E-state index contributed by atoms with van der Waals surface area (Å²) in [6, 6.07) is 6.62. The Morgan fingerprint density at radius 1 is 1.07 bits per heavy atom. The van der Waals surface area contributed by atoms with Crippen molar-refractivity contribution in [3.63, 3.8) is 0 Å². The highest BCUT2D eigenvalue weighted by Gasteiger charge is 2.16. The summed E-state index contributed by atoms with van der Waals surface area (Å²) in [5, 5.41) is 5.45. The van der Waals surface area contributed by atoms with Gasteiger partial charge in [0, 0.05) is 17.6 Å². The summed E-state index contributed by atoms with van der Waals surface area (Å²) in [6.07, 6.45) is 0.222. The van der Waals surface area contributed by atoms with E-state index in [0.29, 0.717) is 29.6 Å². The molecule has 0 unspecified atom stereocenters. The first-order chi connectivity index (χ1) is 12.9. The highest BCUT2D eigenvalue weighted by Crippen LogP contribution is 2.15. The van der Waals surface area contributed by atoms with Crippen molar-refractivity contribution in [2.75, 3.05) is 13.2 Å². The number of amides is 2. The highest BCUT2D eigenvalue weighted by molar-refractivity contribution is 5.94. The van der Waals surface area contributed by atoms with E-state index < -0.39 is 11.7 Å². The quantitative estimate of drug-likeness (QED) is 0.720. The van der Waals surface area contributed by atoms with Gasteiger partial charge in [-0.05, 0) is 77.8 Å². The predicted molar refractivity (Wildman–Crippen MR) is 107 cm³/mol. The molecule has 0 spiro atoms. The number of carbonyl (C=O) groups is 2. The van der Waals surface area contributed by atoms with E-state index in [4.69, 9.17) is 9.47 Å². The van der Waals surface area contributed by atoms with E-state index in [0.717, 1.165) is 0 Å². The lowest BCUT2D eigenvalue weighted by molar-refractivity contribution is 0.0528. The average molecular weight is 394 g/mol. The van der Waals surface area contributed by atoms with Gasteiger partial charge < -0.3 is 20.1 Å². The van der Waals surface area contributed by atoms with Crippen molar-refractivity contribution in [1.82, 2.24) is 10.6 Å². The molecule has 1 aromatic carbocycles. The molecule has 6 nitrogen and oxygen atoms in total.